The van der Waals surface area contributed by atoms with Crippen LogP contribution in [0.4, 0.5) is 5.13 Å². The highest BCUT2D eigenvalue weighted by Gasteiger charge is 2.25. The second kappa shape index (κ2) is 10.3. The number of halogens is 1. The average molecular weight is 471 g/mol. The van der Waals surface area contributed by atoms with Crippen LogP contribution in [0, 0.1) is 13.8 Å². The molecule has 32 heavy (non-hydrogen) atoms. The first-order valence-electron chi connectivity index (χ1n) is 10.3. The zero-order valence-corrected chi connectivity index (χ0v) is 20.3. The summed E-state index contributed by atoms with van der Waals surface area (Å²) < 4.78 is 6.59. The molecule has 6 nitrogen and oxygen atoms in total. The highest BCUT2D eigenvalue weighted by atomic mass is 35.5. The van der Waals surface area contributed by atoms with Crippen LogP contribution in [0.2, 0.25) is 0 Å². The molecular weight excluding hydrogens is 444 g/mol. The standard InChI is InChI=1S/C24H26N4O2S.ClH/c1-16-11-12-17(2)22-21(16)25-24(31-22)28(14-8-13-27(3)4)23(29)19-15-20(30-26-19)18-9-6-5-7-10-18;/h5-7,9-12,15H,8,13-14H2,1-4H3;1H. The van der Waals surface area contributed by atoms with Gasteiger partial charge < -0.3 is 9.42 Å². The third kappa shape index (κ3) is 5.01. The molecule has 2 aromatic carbocycles. The van der Waals surface area contributed by atoms with Crippen molar-refractivity contribution < 1.29 is 9.32 Å². The minimum absolute atomic E-state index is 0. The second-order valence-corrected chi connectivity index (χ2v) is 8.91. The predicted octanol–water partition coefficient (Wildman–Crippen LogP) is 5.59. The fraction of sp³-hybridized carbons (Fsp3) is 0.292. The van der Waals surface area contributed by atoms with Gasteiger partial charge in [0, 0.05) is 18.2 Å². The Bertz CT molecular complexity index is 1160. The third-order valence-corrected chi connectivity index (χ3v) is 6.40. The van der Waals surface area contributed by atoms with Crippen molar-refractivity contribution in [1.82, 2.24) is 15.0 Å². The van der Waals surface area contributed by atoms with Gasteiger partial charge in [0.2, 0.25) is 0 Å². The average Bonchev–Trinajstić information content (AvgIpc) is 3.42. The second-order valence-electron chi connectivity index (χ2n) is 7.93. The van der Waals surface area contributed by atoms with Gasteiger partial charge >= 0.3 is 0 Å². The summed E-state index contributed by atoms with van der Waals surface area (Å²) in [5.41, 5.74) is 4.40. The predicted molar refractivity (Wildman–Crippen MR) is 133 cm³/mol. The number of rotatable bonds is 7. The lowest BCUT2D eigenvalue weighted by Crippen LogP contribution is -2.33. The number of benzene rings is 2. The van der Waals surface area contributed by atoms with E-state index in [1.807, 2.05) is 51.4 Å². The van der Waals surface area contributed by atoms with E-state index in [-0.39, 0.29) is 24.0 Å². The van der Waals surface area contributed by atoms with E-state index in [2.05, 4.69) is 29.1 Å². The van der Waals surface area contributed by atoms with E-state index in [1.54, 1.807) is 22.3 Å². The minimum atomic E-state index is -0.195. The molecule has 0 unspecified atom stereocenters. The van der Waals surface area contributed by atoms with Gasteiger partial charge in [-0.2, -0.15) is 0 Å². The highest BCUT2D eigenvalue weighted by molar-refractivity contribution is 7.22. The summed E-state index contributed by atoms with van der Waals surface area (Å²) >= 11 is 1.55. The number of carbonyl (C=O) groups excluding carboxylic acids is 1. The van der Waals surface area contributed by atoms with Crippen molar-refractivity contribution in [3.8, 4) is 11.3 Å². The van der Waals surface area contributed by atoms with Crippen molar-refractivity contribution in [1.29, 1.82) is 0 Å². The number of carbonyl (C=O) groups is 1. The first-order chi connectivity index (χ1) is 14.9. The molecule has 4 rings (SSSR count). The lowest BCUT2D eigenvalue weighted by molar-refractivity contribution is 0.0977. The van der Waals surface area contributed by atoms with Crippen molar-refractivity contribution in [2.24, 2.45) is 0 Å². The van der Waals surface area contributed by atoms with E-state index in [0.717, 1.165) is 39.9 Å². The molecule has 8 heteroatoms. The van der Waals surface area contributed by atoms with Gasteiger partial charge in [-0.1, -0.05) is 59.0 Å². The fourth-order valence-electron chi connectivity index (χ4n) is 3.45. The molecule has 0 fully saturated rings. The number of nitrogens with zero attached hydrogens (tertiary/aromatic N) is 4. The highest BCUT2D eigenvalue weighted by Crippen LogP contribution is 2.34. The fourth-order valence-corrected chi connectivity index (χ4v) is 4.58. The zero-order chi connectivity index (χ0) is 22.0. The largest absolute Gasteiger partial charge is 0.355 e. The summed E-state index contributed by atoms with van der Waals surface area (Å²) in [6.45, 7) is 5.56. The van der Waals surface area contributed by atoms with Gasteiger partial charge in [-0.05, 0) is 52.0 Å². The smallest absolute Gasteiger partial charge is 0.282 e. The monoisotopic (exact) mass is 470 g/mol. The Morgan fingerprint density at radius 3 is 2.44 bits per heavy atom. The normalized spacial score (nSPS) is 11.0. The lowest BCUT2D eigenvalue weighted by Gasteiger charge is -2.19. The number of hydrogen-bond donors (Lipinski definition) is 0. The number of anilines is 1. The molecule has 2 heterocycles. The molecular formula is C24H27ClN4O2S. The summed E-state index contributed by atoms with van der Waals surface area (Å²) in [6.07, 6.45) is 0.829. The van der Waals surface area contributed by atoms with Gasteiger partial charge in [0.25, 0.3) is 5.91 Å². The molecule has 0 saturated carbocycles. The van der Waals surface area contributed by atoms with Gasteiger partial charge in [0.1, 0.15) is 0 Å². The summed E-state index contributed by atoms with van der Waals surface area (Å²) in [6, 6.07) is 15.5. The van der Waals surface area contributed by atoms with Gasteiger partial charge in [-0.25, -0.2) is 4.98 Å². The molecule has 0 N–H and O–H groups in total. The first kappa shape index (κ1) is 23.9. The topological polar surface area (TPSA) is 62.5 Å². The van der Waals surface area contributed by atoms with Crippen molar-refractivity contribution in [3.05, 3.63) is 65.4 Å². The van der Waals surface area contributed by atoms with Crippen LogP contribution in [0.3, 0.4) is 0 Å². The number of amides is 1. The lowest BCUT2D eigenvalue weighted by atomic mass is 10.1. The molecule has 0 aliphatic heterocycles. The molecule has 0 radical (unpaired) electrons. The minimum Gasteiger partial charge on any atom is -0.355 e. The van der Waals surface area contributed by atoms with Crippen LogP contribution in [-0.4, -0.2) is 48.1 Å². The van der Waals surface area contributed by atoms with E-state index in [9.17, 15) is 4.79 Å². The van der Waals surface area contributed by atoms with Crippen molar-refractivity contribution in [2.45, 2.75) is 20.3 Å². The molecule has 168 valence electrons. The van der Waals surface area contributed by atoms with E-state index in [1.165, 1.54) is 0 Å². The quantitative estimate of drug-likeness (QED) is 0.352. The van der Waals surface area contributed by atoms with Crippen molar-refractivity contribution >= 4 is 45.0 Å². The number of thiazole rings is 1. The number of fused-ring (bicyclic) bond motifs is 1. The number of aryl methyl sites for hydroxylation is 2. The summed E-state index contributed by atoms with van der Waals surface area (Å²) in [7, 11) is 4.06. The molecule has 0 saturated heterocycles. The van der Waals surface area contributed by atoms with Crippen LogP contribution in [-0.2, 0) is 0 Å². The molecule has 0 bridgehead atoms. The van der Waals surface area contributed by atoms with E-state index in [0.29, 0.717) is 17.4 Å². The molecule has 0 aliphatic carbocycles. The Kier molecular flexibility index (Phi) is 7.66. The number of hydrogen-bond acceptors (Lipinski definition) is 6. The van der Waals surface area contributed by atoms with Crippen LogP contribution in [0.15, 0.2) is 53.1 Å². The van der Waals surface area contributed by atoms with Crippen molar-refractivity contribution in [3.63, 3.8) is 0 Å². The maximum Gasteiger partial charge on any atom is 0.282 e. The molecule has 1 amide bonds. The van der Waals surface area contributed by atoms with Gasteiger partial charge in [0.15, 0.2) is 16.6 Å². The zero-order valence-electron chi connectivity index (χ0n) is 18.7. The Hall–Kier alpha value is -2.74. The molecule has 0 spiro atoms. The Morgan fingerprint density at radius 2 is 1.75 bits per heavy atom. The van der Waals surface area contributed by atoms with Gasteiger partial charge in [0.05, 0.1) is 10.2 Å². The SMILES string of the molecule is Cc1ccc(C)c2sc(N(CCCN(C)C)C(=O)c3cc(-c4ccccc4)on3)nc12.Cl. The van der Waals surface area contributed by atoms with Crippen molar-refractivity contribution in [2.75, 3.05) is 32.1 Å². The Balaban J connectivity index is 0.00000289. The van der Waals surface area contributed by atoms with E-state index < -0.39 is 0 Å². The van der Waals surface area contributed by atoms with Crippen LogP contribution >= 0.6 is 23.7 Å². The number of aromatic nitrogens is 2. The molecule has 0 aliphatic rings. The van der Waals surface area contributed by atoms with E-state index >= 15 is 0 Å². The van der Waals surface area contributed by atoms with Crippen LogP contribution < -0.4 is 4.90 Å². The maximum atomic E-state index is 13.5. The Morgan fingerprint density at radius 1 is 1.03 bits per heavy atom. The van der Waals surface area contributed by atoms with Crippen LogP contribution in [0.1, 0.15) is 28.0 Å². The maximum absolute atomic E-state index is 13.5. The Labute approximate surface area is 198 Å². The van der Waals surface area contributed by atoms with E-state index in [4.69, 9.17) is 9.51 Å². The third-order valence-electron chi connectivity index (χ3n) is 5.18. The van der Waals surface area contributed by atoms with Gasteiger partial charge in [-0.3, -0.25) is 9.69 Å². The summed E-state index contributed by atoms with van der Waals surface area (Å²) in [4.78, 5) is 22.1. The van der Waals surface area contributed by atoms with Gasteiger partial charge in [-0.15, -0.1) is 12.4 Å². The van der Waals surface area contributed by atoms with Crippen LogP contribution in [0.25, 0.3) is 21.5 Å². The summed E-state index contributed by atoms with van der Waals surface area (Å²) in [5, 5.41) is 4.77. The molecule has 4 aromatic rings. The molecule has 0 atom stereocenters. The molecule has 2 aromatic heterocycles. The summed E-state index contributed by atoms with van der Waals surface area (Å²) in [5.74, 6) is 0.382. The first-order valence-corrected chi connectivity index (χ1v) is 11.1. The van der Waals surface area contributed by atoms with Crippen LogP contribution in [0.5, 0.6) is 0 Å².